The lowest BCUT2D eigenvalue weighted by atomic mass is 10.1. The van der Waals surface area contributed by atoms with E-state index in [4.69, 9.17) is 10.4 Å². The van der Waals surface area contributed by atoms with Crippen molar-refractivity contribution >= 4 is 15.9 Å². The Morgan fingerprint density at radius 1 is 1.58 bits per heavy atom. The quantitative estimate of drug-likeness (QED) is 0.804. The van der Waals surface area contributed by atoms with E-state index >= 15 is 0 Å². The second-order valence-electron chi connectivity index (χ2n) is 2.24. The van der Waals surface area contributed by atoms with E-state index in [9.17, 15) is 4.39 Å². The second-order valence-corrected chi connectivity index (χ2v) is 3.09. The molecule has 2 nitrogen and oxygen atoms in total. The molecule has 62 valence electrons. The molecule has 0 heterocycles. The van der Waals surface area contributed by atoms with Crippen LogP contribution in [-0.4, -0.2) is 5.11 Å². The summed E-state index contributed by atoms with van der Waals surface area (Å²) in [5, 5.41) is 17.4. The van der Waals surface area contributed by atoms with Gasteiger partial charge in [0, 0.05) is 5.56 Å². The lowest BCUT2D eigenvalue weighted by Gasteiger charge is -2.01. The van der Waals surface area contributed by atoms with Crippen LogP contribution in [0.4, 0.5) is 4.39 Å². The number of nitriles is 1. The van der Waals surface area contributed by atoms with Gasteiger partial charge in [-0.2, -0.15) is 5.26 Å². The zero-order valence-corrected chi connectivity index (χ0v) is 7.60. The van der Waals surface area contributed by atoms with Gasteiger partial charge in [-0.3, -0.25) is 0 Å². The van der Waals surface area contributed by atoms with Crippen molar-refractivity contribution in [2.24, 2.45) is 0 Å². The molecule has 1 N–H and O–H groups in total. The summed E-state index contributed by atoms with van der Waals surface area (Å²) in [5.41, 5.74) is 0.198. The highest BCUT2D eigenvalue weighted by Crippen LogP contribution is 2.24. The summed E-state index contributed by atoms with van der Waals surface area (Å²) in [5.74, 6) is -0.539. The van der Waals surface area contributed by atoms with E-state index in [1.165, 1.54) is 12.1 Å². The van der Waals surface area contributed by atoms with Crippen molar-refractivity contribution in [1.82, 2.24) is 0 Å². The Kier molecular flexibility index (Phi) is 2.66. The van der Waals surface area contributed by atoms with Crippen molar-refractivity contribution in [3.63, 3.8) is 0 Å². The van der Waals surface area contributed by atoms with Gasteiger partial charge in [-0.25, -0.2) is 4.39 Å². The van der Waals surface area contributed by atoms with Crippen LogP contribution in [0.15, 0.2) is 16.6 Å². The Labute approximate surface area is 77.4 Å². The fourth-order valence-corrected chi connectivity index (χ4v) is 1.33. The van der Waals surface area contributed by atoms with Crippen molar-refractivity contribution in [2.45, 2.75) is 6.42 Å². The van der Waals surface area contributed by atoms with Crippen molar-refractivity contribution in [2.75, 3.05) is 0 Å². The highest BCUT2D eigenvalue weighted by Gasteiger charge is 2.07. The summed E-state index contributed by atoms with van der Waals surface area (Å²) in [6, 6.07) is 4.29. The van der Waals surface area contributed by atoms with E-state index < -0.39 is 5.82 Å². The minimum Gasteiger partial charge on any atom is -0.508 e. The summed E-state index contributed by atoms with van der Waals surface area (Å²) < 4.78 is 13.2. The molecule has 1 aromatic rings. The maximum absolute atomic E-state index is 13.1. The normalized spacial score (nSPS) is 9.42. The molecule has 0 unspecified atom stereocenters. The molecule has 0 bridgehead atoms. The first-order valence-electron chi connectivity index (χ1n) is 3.19. The lowest BCUT2D eigenvalue weighted by molar-refractivity contribution is 0.471. The molecule has 0 saturated carbocycles. The third-order valence-electron chi connectivity index (χ3n) is 1.36. The van der Waals surface area contributed by atoms with Gasteiger partial charge in [0.25, 0.3) is 0 Å². The predicted molar refractivity (Wildman–Crippen MR) is 45.1 cm³/mol. The summed E-state index contributed by atoms with van der Waals surface area (Å²) in [6.45, 7) is 0. The number of hydrogen-bond acceptors (Lipinski definition) is 2. The monoisotopic (exact) mass is 229 g/mol. The Bertz CT molecular complexity index is 346. The molecule has 0 aliphatic carbocycles. The van der Waals surface area contributed by atoms with Crippen molar-refractivity contribution in [3.8, 4) is 11.8 Å². The van der Waals surface area contributed by atoms with E-state index in [1.807, 2.05) is 6.07 Å². The average molecular weight is 230 g/mol. The second kappa shape index (κ2) is 3.55. The summed E-state index contributed by atoms with van der Waals surface area (Å²) in [7, 11) is 0. The first kappa shape index (κ1) is 9.01. The highest BCUT2D eigenvalue weighted by atomic mass is 79.9. The molecule has 0 fully saturated rings. The highest BCUT2D eigenvalue weighted by molar-refractivity contribution is 9.10. The van der Waals surface area contributed by atoms with Crippen molar-refractivity contribution < 1.29 is 9.50 Å². The molecule has 0 aromatic heterocycles. The molecule has 0 aliphatic heterocycles. The van der Waals surface area contributed by atoms with Crippen LogP contribution < -0.4 is 0 Å². The fourth-order valence-electron chi connectivity index (χ4n) is 0.844. The molecule has 0 atom stereocenters. The Morgan fingerprint density at radius 2 is 2.25 bits per heavy atom. The maximum Gasteiger partial charge on any atom is 0.141 e. The molecule has 1 aromatic carbocycles. The predicted octanol–water partition coefficient (Wildman–Crippen LogP) is 2.36. The number of phenolic OH excluding ortho intramolecular Hbond substituents is 1. The number of hydrogen-bond donors (Lipinski definition) is 1. The maximum atomic E-state index is 13.1. The van der Waals surface area contributed by atoms with Crippen molar-refractivity contribution in [3.05, 3.63) is 28.0 Å². The lowest BCUT2D eigenvalue weighted by Crippen LogP contribution is -1.89. The number of benzene rings is 1. The number of phenols is 1. The minimum atomic E-state index is -0.491. The van der Waals surface area contributed by atoms with Gasteiger partial charge in [0.2, 0.25) is 0 Å². The first-order chi connectivity index (χ1) is 5.65. The van der Waals surface area contributed by atoms with Crippen LogP contribution in [0.25, 0.3) is 0 Å². The van der Waals surface area contributed by atoms with Crippen LogP contribution in [0, 0.1) is 17.1 Å². The number of halogens is 2. The first-order valence-corrected chi connectivity index (χ1v) is 3.98. The van der Waals surface area contributed by atoms with Crippen LogP contribution in [-0.2, 0) is 6.42 Å². The van der Waals surface area contributed by atoms with Crippen LogP contribution in [0.1, 0.15) is 5.56 Å². The molecule has 1 rings (SSSR count). The third kappa shape index (κ3) is 1.74. The SMILES string of the molecule is N#CCc1cc(O)cc(Br)c1F. The molecule has 0 aliphatic rings. The zero-order valence-electron chi connectivity index (χ0n) is 6.01. The van der Waals surface area contributed by atoms with Gasteiger partial charge in [0.05, 0.1) is 17.0 Å². The number of rotatable bonds is 1. The Morgan fingerprint density at radius 3 is 2.83 bits per heavy atom. The molecular formula is C8H5BrFNO. The summed E-state index contributed by atoms with van der Waals surface area (Å²) in [4.78, 5) is 0. The third-order valence-corrected chi connectivity index (χ3v) is 1.93. The number of nitrogens with zero attached hydrogens (tertiary/aromatic N) is 1. The van der Waals surface area contributed by atoms with Gasteiger partial charge >= 0.3 is 0 Å². The number of aromatic hydroxyl groups is 1. The standard InChI is InChI=1S/C8H5BrFNO/c9-7-4-6(12)3-5(1-2-11)8(7)10/h3-4,12H,1H2. The Balaban J connectivity index is 3.20. The van der Waals surface area contributed by atoms with Crippen LogP contribution in [0.2, 0.25) is 0 Å². The van der Waals surface area contributed by atoms with Gasteiger partial charge in [-0.15, -0.1) is 0 Å². The van der Waals surface area contributed by atoms with Gasteiger partial charge in [-0.05, 0) is 28.1 Å². The van der Waals surface area contributed by atoms with E-state index in [0.29, 0.717) is 0 Å². The van der Waals surface area contributed by atoms with E-state index in [0.717, 1.165) is 0 Å². The van der Waals surface area contributed by atoms with Crippen LogP contribution >= 0.6 is 15.9 Å². The van der Waals surface area contributed by atoms with E-state index in [2.05, 4.69) is 15.9 Å². The Hall–Kier alpha value is -1.08. The molecule has 4 heteroatoms. The molecule has 0 saturated heterocycles. The average Bonchev–Trinajstić information content (AvgIpc) is 2.00. The van der Waals surface area contributed by atoms with Crippen LogP contribution in [0.3, 0.4) is 0 Å². The molecule has 0 radical (unpaired) electrons. The van der Waals surface area contributed by atoms with Crippen molar-refractivity contribution in [1.29, 1.82) is 5.26 Å². The van der Waals surface area contributed by atoms with Gasteiger partial charge in [0.1, 0.15) is 11.6 Å². The zero-order chi connectivity index (χ0) is 9.14. The molecule has 0 spiro atoms. The molecule has 12 heavy (non-hydrogen) atoms. The van der Waals surface area contributed by atoms with E-state index in [-0.39, 0.29) is 22.2 Å². The summed E-state index contributed by atoms with van der Waals surface area (Å²) >= 11 is 2.92. The smallest absolute Gasteiger partial charge is 0.141 e. The summed E-state index contributed by atoms with van der Waals surface area (Å²) in [6.07, 6.45) is -0.0428. The largest absolute Gasteiger partial charge is 0.508 e. The van der Waals surface area contributed by atoms with Crippen LogP contribution in [0.5, 0.6) is 5.75 Å². The van der Waals surface area contributed by atoms with Gasteiger partial charge < -0.3 is 5.11 Å². The van der Waals surface area contributed by atoms with E-state index in [1.54, 1.807) is 0 Å². The minimum absolute atomic E-state index is 0.0428. The fraction of sp³-hybridized carbons (Fsp3) is 0.125. The molecule has 0 amide bonds. The van der Waals surface area contributed by atoms with Gasteiger partial charge in [0.15, 0.2) is 0 Å². The molecular weight excluding hydrogens is 225 g/mol. The van der Waals surface area contributed by atoms with Gasteiger partial charge in [-0.1, -0.05) is 0 Å². The topological polar surface area (TPSA) is 44.0 Å².